The SMILES string of the molecule is CC(=O)C/C=C\CCOC(C)=O. The fourth-order valence-corrected chi connectivity index (χ4v) is 0.638. The van der Waals surface area contributed by atoms with Gasteiger partial charge >= 0.3 is 5.97 Å². The van der Waals surface area contributed by atoms with Crippen molar-refractivity contribution in [2.45, 2.75) is 26.7 Å². The summed E-state index contributed by atoms with van der Waals surface area (Å²) in [5, 5.41) is 0. The molecule has 0 fully saturated rings. The summed E-state index contributed by atoms with van der Waals surface area (Å²) in [6, 6.07) is 0. The van der Waals surface area contributed by atoms with E-state index in [1.165, 1.54) is 13.8 Å². The second-order valence-electron chi connectivity index (χ2n) is 2.51. The minimum atomic E-state index is -0.269. The average molecular weight is 170 g/mol. The zero-order valence-electron chi connectivity index (χ0n) is 7.50. The lowest BCUT2D eigenvalue weighted by molar-refractivity contribution is -0.140. The van der Waals surface area contributed by atoms with Crippen LogP contribution < -0.4 is 0 Å². The molecule has 12 heavy (non-hydrogen) atoms. The quantitative estimate of drug-likeness (QED) is 0.356. The third-order valence-corrected chi connectivity index (χ3v) is 1.16. The van der Waals surface area contributed by atoms with E-state index in [-0.39, 0.29) is 11.8 Å². The lowest BCUT2D eigenvalue weighted by Gasteiger charge is -1.95. The lowest BCUT2D eigenvalue weighted by Crippen LogP contribution is -1.98. The summed E-state index contributed by atoms with van der Waals surface area (Å²) in [6.45, 7) is 3.30. The highest BCUT2D eigenvalue weighted by atomic mass is 16.5. The number of rotatable bonds is 5. The summed E-state index contributed by atoms with van der Waals surface area (Å²) >= 11 is 0. The molecule has 0 aliphatic rings. The van der Waals surface area contributed by atoms with E-state index >= 15 is 0 Å². The second kappa shape index (κ2) is 6.58. The van der Waals surface area contributed by atoms with Crippen molar-refractivity contribution in [1.82, 2.24) is 0 Å². The molecule has 0 aromatic rings. The molecule has 0 aliphatic heterocycles. The Labute approximate surface area is 72.4 Å². The van der Waals surface area contributed by atoms with E-state index in [2.05, 4.69) is 4.74 Å². The minimum absolute atomic E-state index is 0.138. The Balaban J connectivity index is 3.25. The van der Waals surface area contributed by atoms with Gasteiger partial charge in [-0.05, 0) is 13.3 Å². The summed E-state index contributed by atoms with van der Waals surface area (Å²) in [5.74, 6) is -0.131. The first-order chi connectivity index (χ1) is 5.63. The Morgan fingerprint density at radius 3 is 2.42 bits per heavy atom. The fourth-order valence-electron chi connectivity index (χ4n) is 0.638. The molecule has 0 aliphatic carbocycles. The number of ether oxygens (including phenoxy) is 1. The van der Waals surface area contributed by atoms with Gasteiger partial charge in [0.05, 0.1) is 6.61 Å². The van der Waals surface area contributed by atoms with Crippen LogP contribution in [-0.4, -0.2) is 18.4 Å². The minimum Gasteiger partial charge on any atom is -0.466 e. The molecule has 0 spiro atoms. The molecule has 0 amide bonds. The molecule has 0 unspecified atom stereocenters. The maximum Gasteiger partial charge on any atom is 0.302 e. The molecule has 0 N–H and O–H groups in total. The van der Waals surface area contributed by atoms with Gasteiger partial charge < -0.3 is 4.74 Å². The fraction of sp³-hybridized carbons (Fsp3) is 0.556. The Kier molecular flexibility index (Phi) is 5.97. The van der Waals surface area contributed by atoms with Crippen LogP contribution in [-0.2, 0) is 14.3 Å². The predicted octanol–water partition coefficient (Wildman–Crippen LogP) is 1.47. The molecule has 0 aromatic carbocycles. The van der Waals surface area contributed by atoms with Crippen LogP contribution in [0.4, 0.5) is 0 Å². The number of carbonyl (C=O) groups is 2. The van der Waals surface area contributed by atoms with Crippen LogP contribution in [0.3, 0.4) is 0 Å². The molecular weight excluding hydrogens is 156 g/mol. The first-order valence-corrected chi connectivity index (χ1v) is 3.90. The van der Waals surface area contributed by atoms with Crippen molar-refractivity contribution in [1.29, 1.82) is 0 Å². The maximum absolute atomic E-state index is 10.4. The summed E-state index contributed by atoms with van der Waals surface area (Å²) in [6.07, 6.45) is 4.75. The van der Waals surface area contributed by atoms with E-state index in [0.29, 0.717) is 19.4 Å². The third-order valence-electron chi connectivity index (χ3n) is 1.16. The summed E-state index contributed by atoms with van der Waals surface area (Å²) < 4.78 is 4.67. The van der Waals surface area contributed by atoms with Crippen LogP contribution >= 0.6 is 0 Å². The molecule has 0 aromatic heterocycles. The number of hydrogen-bond acceptors (Lipinski definition) is 3. The van der Waals surface area contributed by atoms with E-state index in [4.69, 9.17) is 0 Å². The second-order valence-corrected chi connectivity index (χ2v) is 2.51. The van der Waals surface area contributed by atoms with E-state index in [9.17, 15) is 9.59 Å². The summed E-state index contributed by atoms with van der Waals surface area (Å²) in [5.41, 5.74) is 0. The van der Waals surface area contributed by atoms with Crippen LogP contribution in [0, 0.1) is 0 Å². The number of allylic oxidation sites excluding steroid dienone is 1. The van der Waals surface area contributed by atoms with E-state index in [1.54, 1.807) is 6.08 Å². The smallest absolute Gasteiger partial charge is 0.302 e. The van der Waals surface area contributed by atoms with E-state index < -0.39 is 0 Å². The number of hydrogen-bond donors (Lipinski definition) is 0. The van der Waals surface area contributed by atoms with Gasteiger partial charge in [-0.2, -0.15) is 0 Å². The lowest BCUT2D eigenvalue weighted by atomic mass is 10.3. The Bertz CT molecular complexity index is 182. The molecule has 0 rings (SSSR count). The first-order valence-electron chi connectivity index (χ1n) is 3.90. The molecule has 0 bridgehead atoms. The number of ketones is 1. The van der Waals surface area contributed by atoms with Crippen molar-refractivity contribution in [2.75, 3.05) is 6.61 Å². The molecule has 0 radical (unpaired) electrons. The Morgan fingerprint density at radius 2 is 1.92 bits per heavy atom. The van der Waals surface area contributed by atoms with Gasteiger partial charge in [-0.15, -0.1) is 0 Å². The predicted molar refractivity (Wildman–Crippen MR) is 45.7 cm³/mol. The van der Waals surface area contributed by atoms with Gasteiger partial charge in [0.1, 0.15) is 5.78 Å². The van der Waals surface area contributed by atoms with Crippen molar-refractivity contribution in [3.63, 3.8) is 0 Å². The molecule has 3 nitrogen and oxygen atoms in total. The topological polar surface area (TPSA) is 43.4 Å². The molecular formula is C9H14O3. The standard InChI is InChI=1S/C9H14O3/c1-8(10)6-4-3-5-7-12-9(2)11/h3-4H,5-7H2,1-2H3/b4-3-. The van der Waals surface area contributed by atoms with Gasteiger partial charge in [0.25, 0.3) is 0 Å². The number of carbonyl (C=O) groups excluding carboxylic acids is 2. The highest BCUT2D eigenvalue weighted by Crippen LogP contribution is 1.89. The van der Waals surface area contributed by atoms with Gasteiger partial charge in [0.2, 0.25) is 0 Å². The van der Waals surface area contributed by atoms with E-state index in [1.807, 2.05) is 6.08 Å². The summed E-state index contributed by atoms with van der Waals surface area (Å²) in [7, 11) is 0. The van der Waals surface area contributed by atoms with Gasteiger partial charge in [-0.1, -0.05) is 12.2 Å². The average Bonchev–Trinajstić information content (AvgIpc) is 1.95. The van der Waals surface area contributed by atoms with Crippen molar-refractivity contribution in [2.24, 2.45) is 0 Å². The van der Waals surface area contributed by atoms with Crippen molar-refractivity contribution >= 4 is 11.8 Å². The van der Waals surface area contributed by atoms with Crippen molar-refractivity contribution in [3.8, 4) is 0 Å². The van der Waals surface area contributed by atoms with Crippen LogP contribution in [0.5, 0.6) is 0 Å². The maximum atomic E-state index is 10.4. The Hall–Kier alpha value is -1.12. The van der Waals surface area contributed by atoms with Crippen LogP contribution in [0.25, 0.3) is 0 Å². The Morgan fingerprint density at radius 1 is 1.25 bits per heavy atom. The largest absolute Gasteiger partial charge is 0.466 e. The monoisotopic (exact) mass is 170 g/mol. The van der Waals surface area contributed by atoms with Crippen LogP contribution in [0.15, 0.2) is 12.2 Å². The van der Waals surface area contributed by atoms with Crippen molar-refractivity contribution in [3.05, 3.63) is 12.2 Å². The van der Waals surface area contributed by atoms with Crippen LogP contribution in [0.1, 0.15) is 26.7 Å². The highest BCUT2D eigenvalue weighted by molar-refractivity contribution is 5.76. The number of Topliss-reactive ketones (excluding diaryl/α,β-unsaturated/α-hetero) is 1. The van der Waals surface area contributed by atoms with Crippen LogP contribution in [0.2, 0.25) is 0 Å². The number of esters is 1. The first kappa shape index (κ1) is 10.9. The molecule has 0 heterocycles. The van der Waals surface area contributed by atoms with E-state index in [0.717, 1.165) is 0 Å². The molecule has 0 saturated carbocycles. The molecule has 68 valence electrons. The van der Waals surface area contributed by atoms with Gasteiger partial charge in [-0.25, -0.2) is 0 Å². The molecule has 3 heteroatoms. The zero-order chi connectivity index (χ0) is 9.40. The zero-order valence-corrected chi connectivity index (χ0v) is 7.50. The van der Waals surface area contributed by atoms with Gasteiger partial charge in [0, 0.05) is 13.3 Å². The normalized spacial score (nSPS) is 10.2. The van der Waals surface area contributed by atoms with Crippen molar-refractivity contribution < 1.29 is 14.3 Å². The third kappa shape index (κ3) is 8.88. The van der Waals surface area contributed by atoms with Gasteiger partial charge in [0.15, 0.2) is 0 Å². The highest BCUT2D eigenvalue weighted by Gasteiger charge is 1.89. The van der Waals surface area contributed by atoms with Gasteiger partial charge in [-0.3, -0.25) is 9.59 Å². The summed E-state index contributed by atoms with van der Waals surface area (Å²) in [4.78, 5) is 20.7. The molecule has 0 atom stereocenters. The molecule has 0 saturated heterocycles.